The van der Waals surface area contributed by atoms with Crippen LogP contribution in [-0.2, 0) is 14.2 Å². The molecule has 0 aromatic heterocycles. The predicted molar refractivity (Wildman–Crippen MR) is 47.8 cm³/mol. The van der Waals surface area contributed by atoms with Crippen LogP contribution in [0, 0.1) is 0 Å². The van der Waals surface area contributed by atoms with Crippen molar-refractivity contribution in [3.8, 4) is 0 Å². The molecule has 0 aromatic rings. The summed E-state index contributed by atoms with van der Waals surface area (Å²) in [6, 6.07) is 0. The lowest BCUT2D eigenvalue weighted by molar-refractivity contribution is -0.227. The molecule has 0 aliphatic carbocycles. The first kappa shape index (κ1) is 11.3. The molecule has 6 heteroatoms. The molecular formula is C9H16O6. The number of rotatable bonds is 2. The average Bonchev–Trinajstić information content (AvgIpc) is 2.60. The Hall–Kier alpha value is -0.240. The van der Waals surface area contributed by atoms with Crippen LogP contribution in [0.25, 0.3) is 0 Å². The van der Waals surface area contributed by atoms with Gasteiger partial charge in [0.1, 0.15) is 24.4 Å². The first-order chi connectivity index (χ1) is 6.94. The van der Waals surface area contributed by atoms with Crippen molar-refractivity contribution in [2.75, 3.05) is 6.61 Å². The van der Waals surface area contributed by atoms with Gasteiger partial charge in [-0.15, -0.1) is 0 Å². The Bertz CT molecular complexity index is 243. The van der Waals surface area contributed by atoms with Crippen molar-refractivity contribution < 1.29 is 29.5 Å². The zero-order valence-corrected chi connectivity index (χ0v) is 8.66. The van der Waals surface area contributed by atoms with Crippen LogP contribution >= 0.6 is 0 Å². The number of aliphatic hydroxyl groups is 3. The maximum Gasteiger partial charge on any atom is 0.190 e. The molecule has 3 N–H and O–H groups in total. The van der Waals surface area contributed by atoms with Gasteiger partial charge in [-0.05, 0) is 13.8 Å². The Kier molecular flexibility index (Phi) is 2.74. The molecule has 6 nitrogen and oxygen atoms in total. The molecule has 2 heterocycles. The maximum absolute atomic E-state index is 9.79. The molecule has 2 aliphatic rings. The van der Waals surface area contributed by atoms with Crippen molar-refractivity contribution >= 4 is 0 Å². The first-order valence-corrected chi connectivity index (χ1v) is 4.93. The Labute approximate surface area is 87.4 Å². The van der Waals surface area contributed by atoms with Crippen molar-refractivity contribution in [1.82, 2.24) is 0 Å². The van der Waals surface area contributed by atoms with Crippen molar-refractivity contribution in [3.05, 3.63) is 0 Å². The maximum atomic E-state index is 9.79. The van der Waals surface area contributed by atoms with E-state index in [9.17, 15) is 10.2 Å². The van der Waals surface area contributed by atoms with Gasteiger partial charge in [0.25, 0.3) is 0 Å². The molecule has 0 saturated carbocycles. The zero-order chi connectivity index (χ0) is 11.2. The molecule has 0 amide bonds. The minimum atomic E-state index is -1.12. The Balaban J connectivity index is 2.05. The van der Waals surface area contributed by atoms with Crippen molar-refractivity contribution in [2.24, 2.45) is 0 Å². The van der Waals surface area contributed by atoms with E-state index < -0.39 is 43.1 Å². The minimum absolute atomic E-state index is 0.468. The summed E-state index contributed by atoms with van der Waals surface area (Å²) in [7, 11) is 0. The number of ether oxygens (including phenoxy) is 3. The molecule has 2 aliphatic heterocycles. The van der Waals surface area contributed by atoms with E-state index in [0.29, 0.717) is 0 Å². The van der Waals surface area contributed by atoms with E-state index in [2.05, 4.69) is 0 Å². The van der Waals surface area contributed by atoms with Crippen LogP contribution in [0.15, 0.2) is 0 Å². The molecule has 0 unspecified atom stereocenters. The van der Waals surface area contributed by atoms with Gasteiger partial charge in [0.05, 0.1) is 6.61 Å². The SMILES string of the molecule is CC1(C)O[C@@H]2O[C@H]([C@H](O)CO)[C@@H](O)[C@H]2O1. The highest BCUT2D eigenvalue weighted by molar-refractivity contribution is 4.95. The quantitative estimate of drug-likeness (QED) is 0.529. The van der Waals surface area contributed by atoms with E-state index in [1.54, 1.807) is 13.8 Å². The molecule has 0 aromatic carbocycles. The van der Waals surface area contributed by atoms with E-state index in [1.807, 2.05) is 0 Å². The average molecular weight is 220 g/mol. The van der Waals surface area contributed by atoms with Gasteiger partial charge in [-0.2, -0.15) is 0 Å². The summed E-state index contributed by atoms with van der Waals surface area (Å²) in [5.41, 5.74) is 0. The summed E-state index contributed by atoms with van der Waals surface area (Å²) in [5.74, 6) is -0.786. The Morgan fingerprint density at radius 1 is 1.33 bits per heavy atom. The minimum Gasteiger partial charge on any atom is -0.394 e. The molecular weight excluding hydrogens is 204 g/mol. The molecule has 2 saturated heterocycles. The molecule has 2 fully saturated rings. The second-order valence-electron chi connectivity index (χ2n) is 4.31. The molecule has 5 atom stereocenters. The van der Waals surface area contributed by atoms with E-state index in [4.69, 9.17) is 19.3 Å². The highest BCUT2D eigenvalue weighted by atomic mass is 16.8. The van der Waals surface area contributed by atoms with Gasteiger partial charge in [-0.3, -0.25) is 0 Å². The van der Waals surface area contributed by atoms with Gasteiger partial charge < -0.3 is 29.5 Å². The van der Waals surface area contributed by atoms with Crippen LogP contribution in [0.1, 0.15) is 13.8 Å². The van der Waals surface area contributed by atoms with E-state index in [0.717, 1.165) is 0 Å². The molecule has 0 bridgehead atoms. The monoisotopic (exact) mass is 220 g/mol. The lowest BCUT2D eigenvalue weighted by Gasteiger charge is -2.24. The summed E-state index contributed by atoms with van der Waals surface area (Å²) in [5, 5.41) is 27.9. The number of aliphatic hydroxyl groups excluding tert-OH is 3. The summed E-state index contributed by atoms with van der Waals surface area (Å²) in [4.78, 5) is 0. The van der Waals surface area contributed by atoms with Gasteiger partial charge in [0.15, 0.2) is 12.1 Å². The van der Waals surface area contributed by atoms with Crippen LogP contribution in [0.5, 0.6) is 0 Å². The van der Waals surface area contributed by atoms with Crippen LogP contribution in [-0.4, -0.2) is 58.4 Å². The van der Waals surface area contributed by atoms with Crippen LogP contribution in [0.3, 0.4) is 0 Å². The number of hydrogen-bond acceptors (Lipinski definition) is 6. The number of fused-ring (bicyclic) bond motifs is 1. The van der Waals surface area contributed by atoms with Gasteiger partial charge in [-0.25, -0.2) is 0 Å². The molecule has 88 valence electrons. The summed E-state index contributed by atoms with van der Waals surface area (Å²) in [6.07, 6.45) is -4.26. The van der Waals surface area contributed by atoms with Gasteiger partial charge in [0.2, 0.25) is 0 Å². The standard InChI is InChI=1S/C9H16O6/c1-9(2)14-7-5(12)6(4(11)3-10)13-8(7)15-9/h4-8,10-12H,3H2,1-2H3/t4-,5-,6-,7-,8+/m1/s1. The highest BCUT2D eigenvalue weighted by Crippen LogP contribution is 2.38. The highest BCUT2D eigenvalue weighted by Gasteiger charge is 2.55. The van der Waals surface area contributed by atoms with Crippen LogP contribution in [0.4, 0.5) is 0 Å². The second-order valence-corrected chi connectivity index (χ2v) is 4.31. The van der Waals surface area contributed by atoms with E-state index in [-0.39, 0.29) is 0 Å². The second kappa shape index (κ2) is 3.65. The summed E-state index contributed by atoms with van der Waals surface area (Å²) in [6.45, 7) is 2.97. The lowest BCUT2D eigenvalue weighted by atomic mass is 10.1. The Morgan fingerprint density at radius 2 is 2.00 bits per heavy atom. The first-order valence-electron chi connectivity index (χ1n) is 4.93. The third-order valence-corrected chi connectivity index (χ3v) is 2.62. The smallest absolute Gasteiger partial charge is 0.190 e. The van der Waals surface area contributed by atoms with Gasteiger partial charge in [0, 0.05) is 0 Å². The number of hydrogen-bond donors (Lipinski definition) is 3. The molecule has 0 spiro atoms. The fourth-order valence-corrected chi connectivity index (χ4v) is 1.94. The third kappa shape index (κ3) is 1.89. The fourth-order valence-electron chi connectivity index (χ4n) is 1.94. The molecule has 15 heavy (non-hydrogen) atoms. The molecule has 2 rings (SSSR count). The molecule has 0 radical (unpaired) electrons. The van der Waals surface area contributed by atoms with Crippen LogP contribution in [0.2, 0.25) is 0 Å². The Morgan fingerprint density at radius 3 is 2.53 bits per heavy atom. The largest absolute Gasteiger partial charge is 0.394 e. The van der Waals surface area contributed by atoms with Crippen molar-refractivity contribution in [2.45, 2.75) is 50.3 Å². The fraction of sp³-hybridized carbons (Fsp3) is 1.00. The topological polar surface area (TPSA) is 88.4 Å². The lowest BCUT2D eigenvalue weighted by Crippen LogP contribution is -2.42. The normalized spacial score (nSPS) is 45.4. The summed E-state index contributed by atoms with van der Waals surface area (Å²) >= 11 is 0. The van der Waals surface area contributed by atoms with E-state index >= 15 is 0 Å². The third-order valence-electron chi connectivity index (χ3n) is 2.62. The van der Waals surface area contributed by atoms with Gasteiger partial charge in [-0.1, -0.05) is 0 Å². The summed E-state index contributed by atoms with van der Waals surface area (Å²) < 4.78 is 16.1. The van der Waals surface area contributed by atoms with Crippen molar-refractivity contribution in [1.29, 1.82) is 0 Å². The van der Waals surface area contributed by atoms with Gasteiger partial charge >= 0.3 is 0 Å². The van der Waals surface area contributed by atoms with Crippen LogP contribution < -0.4 is 0 Å². The predicted octanol–water partition coefficient (Wildman–Crippen LogP) is -1.42. The zero-order valence-electron chi connectivity index (χ0n) is 8.66. The van der Waals surface area contributed by atoms with Crippen molar-refractivity contribution in [3.63, 3.8) is 0 Å². The van der Waals surface area contributed by atoms with E-state index in [1.165, 1.54) is 0 Å².